The number of alkyl carbamates (subject to hydrolysis) is 1. The van der Waals surface area contributed by atoms with Crippen LogP contribution < -0.4 is 15.5 Å². The zero-order valence-electron chi connectivity index (χ0n) is 19.0. The number of fused-ring (bicyclic) bond motifs is 2. The third-order valence-corrected chi connectivity index (χ3v) is 6.27. The van der Waals surface area contributed by atoms with Crippen LogP contribution in [0.25, 0.3) is 33.5 Å². The van der Waals surface area contributed by atoms with Gasteiger partial charge < -0.3 is 24.2 Å². The fourth-order valence-electron chi connectivity index (χ4n) is 4.60. The van der Waals surface area contributed by atoms with E-state index in [1.807, 2.05) is 6.07 Å². The van der Waals surface area contributed by atoms with Gasteiger partial charge in [0.05, 0.1) is 31.0 Å². The summed E-state index contributed by atoms with van der Waals surface area (Å²) in [6.07, 6.45) is 4.45. The van der Waals surface area contributed by atoms with Crippen LogP contribution in [0.3, 0.4) is 0 Å². The standard InChI is InChI=1S/C26H25N3O5/c1-3-33-26(31)28-12-17-7-5-15-4-6-16(8-18(15)17)21-10-23(30)19-9-20(25-13-27-14-34-25)24(32-2)11-22(19)29-21/h4,6,8-11,13-14,17H,3,5,7,12H2,1-2H3,(H,28,31)(H,29,30). The number of oxazole rings is 1. The maximum Gasteiger partial charge on any atom is 0.407 e. The van der Waals surface area contributed by atoms with Gasteiger partial charge in [0.15, 0.2) is 17.6 Å². The van der Waals surface area contributed by atoms with Crippen molar-refractivity contribution in [2.45, 2.75) is 25.7 Å². The first-order chi connectivity index (χ1) is 16.6. The Morgan fingerprint density at radius 1 is 1.26 bits per heavy atom. The molecule has 0 bridgehead atoms. The largest absolute Gasteiger partial charge is 0.496 e. The molecule has 4 aromatic rings. The molecule has 1 atom stereocenters. The summed E-state index contributed by atoms with van der Waals surface area (Å²) in [6.45, 7) is 2.65. The molecular weight excluding hydrogens is 434 g/mol. The Hall–Kier alpha value is -4.07. The SMILES string of the molecule is CCOC(=O)NCC1CCc2ccc(-c3cc(=O)c4cc(-c5cnco5)c(OC)cc4[nH]3)cc21. The first-order valence-corrected chi connectivity index (χ1v) is 11.2. The van der Waals surface area contributed by atoms with Crippen molar-refractivity contribution in [3.05, 3.63) is 70.3 Å². The second kappa shape index (κ2) is 9.05. The van der Waals surface area contributed by atoms with Gasteiger partial charge in [-0.05, 0) is 48.6 Å². The topological polar surface area (TPSA) is 106 Å². The van der Waals surface area contributed by atoms with Crippen molar-refractivity contribution in [3.63, 3.8) is 0 Å². The molecule has 0 saturated carbocycles. The fraction of sp³-hybridized carbons (Fsp3) is 0.269. The molecule has 1 unspecified atom stereocenters. The van der Waals surface area contributed by atoms with Crippen molar-refractivity contribution in [1.29, 1.82) is 0 Å². The predicted octanol–water partition coefficient (Wildman–Crippen LogP) is 4.63. The Labute approximate surface area is 195 Å². The molecule has 1 aliphatic carbocycles. The van der Waals surface area contributed by atoms with E-state index in [0.29, 0.717) is 41.1 Å². The van der Waals surface area contributed by atoms with E-state index in [9.17, 15) is 9.59 Å². The summed E-state index contributed by atoms with van der Waals surface area (Å²) in [7, 11) is 1.58. The van der Waals surface area contributed by atoms with Gasteiger partial charge >= 0.3 is 6.09 Å². The maximum atomic E-state index is 13.1. The van der Waals surface area contributed by atoms with Crippen molar-refractivity contribution in [2.24, 2.45) is 0 Å². The molecule has 0 saturated heterocycles. The number of aromatic amines is 1. The number of aromatic nitrogens is 2. The number of carbonyl (C=O) groups is 1. The van der Waals surface area contributed by atoms with Gasteiger partial charge in [-0.2, -0.15) is 0 Å². The van der Waals surface area contributed by atoms with E-state index in [1.165, 1.54) is 17.5 Å². The van der Waals surface area contributed by atoms with Crippen LogP contribution >= 0.6 is 0 Å². The molecule has 2 aromatic heterocycles. The molecule has 0 spiro atoms. The minimum Gasteiger partial charge on any atom is -0.496 e. The first kappa shape index (κ1) is 21.8. The highest BCUT2D eigenvalue weighted by Gasteiger charge is 2.24. The maximum absolute atomic E-state index is 13.1. The molecule has 5 rings (SSSR count). The summed E-state index contributed by atoms with van der Waals surface area (Å²) in [5.41, 5.74) is 5.32. The van der Waals surface area contributed by atoms with Gasteiger partial charge in [-0.3, -0.25) is 4.79 Å². The van der Waals surface area contributed by atoms with Crippen LogP contribution in [0, 0.1) is 0 Å². The van der Waals surface area contributed by atoms with Crippen molar-refractivity contribution in [1.82, 2.24) is 15.3 Å². The quantitative estimate of drug-likeness (QED) is 0.435. The van der Waals surface area contributed by atoms with Gasteiger partial charge in [-0.15, -0.1) is 0 Å². The number of hydrogen-bond acceptors (Lipinski definition) is 6. The highest BCUT2D eigenvalue weighted by molar-refractivity contribution is 5.88. The van der Waals surface area contributed by atoms with Crippen molar-refractivity contribution < 1.29 is 18.7 Å². The molecule has 8 heteroatoms. The van der Waals surface area contributed by atoms with Crippen LogP contribution in [0.1, 0.15) is 30.4 Å². The molecule has 2 heterocycles. The van der Waals surface area contributed by atoms with Gasteiger partial charge in [0.25, 0.3) is 0 Å². The molecule has 1 aliphatic rings. The summed E-state index contributed by atoms with van der Waals surface area (Å²) < 4.78 is 15.9. The fourth-order valence-corrected chi connectivity index (χ4v) is 4.60. The van der Waals surface area contributed by atoms with Crippen LogP contribution in [0.15, 0.2) is 58.2 Å². The van der Waals surface area contributed by atoms with Crippen LogP contribution in [0.5, 0.6) is 5.75 Å². The molecule has 2 aromatic carbocycles. The monoisotopic (exact) mass is 459 g/mol. The lowest BCUT2D eigenvalue weighted by atomic mass is 9.97. The lowest BCUT2D eigenvalue weighted by Crippen LogP contribution is -2.28. The van der Waals surface area contributed by atoms with E-state index in [-0.39, 0.29) is 11.3 Å². The molecule has 8 nitrogen and oxygen atoms in total. The van der Waals surface area contributed by atoms with Crippen molar-refractivity contribution in [2.75, 3.05) is 20.3 Å². The van der Waals surface area contributed by atoms with Gasteiger partial charge in [-0.1, -0.05) is 12.1 Å². The second-order valence-corrected chi connectivity index (χ2v) is 8.26. The molecular formula is C26H25N3O5. The Morgan fingerprint density at radius 3 is 2.91 bits per heavy atom. The number of hydrogen-bond donors (Lipinski definition) is 2. The van der Waals surface area contributed by atoms with Crippen LogP contribution in [0.2, 0.25) is 0 Å². The minimum atomic E-state index is -0.399. The number of rotatable bonds is 6. The summed E-state index contributed by atoms with van der Waals surface area (Å²) in [5, 5.41) is 3.38. The number of amides is 1. The predicted molar refractivity (Wildman–Crippen MR) is 128 cm³/mol. The van der Waals surface area contributed by atoms with E-state index >= 15 is 0 Å². The minimum absolute atomic E-state index is 0.104. The number of benzene rings is 2. The number of ether oxygens (including phenoxy) is 2. The van der Waals surface area contributed by atoms with Crippen molar-refractivity contribution in [3.8, 4) is 28.3 Å². The summed E-state index contributed by atoms with van der Waals surface area (Å²) in [6, 6.07) is 11.4. The van der Waals surface area contributed by atoms with Crippen LogP contribution in [0.4, 0.5) is 4.79 Å². The molecule has 0 aliphatic heterocycles. The van der Waals surface area contributed by atoms with E-state index < -0.39 is 6.09 Å². The Kier molecular flexibility index (Phi) is 5.79. The zero-order chi connectivity index (χ0) is 23.7. The number of methoxy groups -OCH3 is 1. The molecule has 34 heavy (non-hydrogen) atoms. The summed E-state index contributed by atoms with van der Waals surface area (Å²) in [4.78, 5) is 32.1. The van der Waals surface area contributed by atoms with E-state index in [4.69, 9.17) is 13.9 Å². The second-order valence-electron chi connectivity index (χ2n) is 8.26. The molecule has 2 N–H and O–H groups in total. The number of pyridine rings is 1. The van der Waals surface area contributed by atoms with E-state index in [2.05, 4.69) is 27.4 Å². The number of nitrogens with one attached hydrogen (secondary N) is 2. The molecule has 0 radical (unpaired) electrons. The highest BCUT2D eigenvalue weighted by Crippen LogP contribution is 2.36. The molecule has 1 amide bonds. The average molecular weight is 460 g/mol. The third kappa shape index (κ3) is 4.03. The van der Waals surface area contributed by atoms with Gasteiger partial charge in [0.1, 0.15) is 5.75 Å². The lowest BCUT2D eigenvalue weighted by molar-refractivity contribution is 0.151. The van der Waals surface area contributed by atoms with E-state index in [1.54, 1.807) is 38.4 Å². The van der Waals surface area contributed by atoms with Crippen molar-refractivity contribution >= 4 is 17.0 Å². The van der Waals surface area contributed by atoms with Gasteiger partial charge in [0.2, 0.25) is 0 Å². The third-order valence-electron chi connectivity index (χ3n) is 6.27. The summed E-state index contributed by atoms with van der Waals surface area (Å²) >= 11 is 0. The van der Waals surface area contributed by atoms with Crippen LogP contribution in [-0.4, -0.2) is 36.3 Å². The Morgan fingerprint density at radius 2 is 2.15 bits per heavy atom. The summed E-state index contributed by atoms with van der Waals surface area (Å²) in [5.74, 6) is 1.32. The van der Waals surface area contributed by atoms with Gasteiger partial charge in [-0.25, -0.2) is 9.78 Å². The number of carbonyl (C=O) groups excluding carboxylic acids is 1. The molecule has 174 valence electrons. The normalized spacial score (nSPS) is 14.7. The van der Waals surface area contributed by atoms with E-state index in [0.717, 1.165) is 24.1 Å². The number of H-pyrrole nitrogens is 1. The first-order valence-electron chi connectivity index (χ1n) is 11.2. The lowest BCUT2D eigenvalue weighted by Gasteiger charge is -2.14. The zero-order valence-corrected chi connectivity index (χ0v) is 19.0. The van der Waals surface area contributed by atoms with Gasteiger partial charge in [0, 0.05) is 35.7 Å². The molecule has 0 fully saturated rings. The smallest absolute Gasteiger partial charge is 0.407 e. The number of nitrogens with zero attached hydrogens (tertiary/aromatic N) is 1. The Bertz CT molecular complexity index is 1410. The average Bonchev–Trinajstić information content (AvgIpc) is 3.52. The number of aryl methyl sites for hydroxylation is 1. The Balaban J connectivity index is 1.50. The highest BCUT2D eigenvalue weighted by atomic mass is 16.5. The van der Waals surface area contributed by atoms with Crippen LogP contribution in [-0.2, 0) is 11.2 Å².